The molecule has 8 nitrogen and oxygen atoms in total. The Morgan fingerprint density at radius 3 is 2.17 bits per heavy atom. The van der Waals surface area contributed by atoms with E-state index >= 15 is 0 Å². The molecule has 0 unspecified atom stereocenters. The molecule has 0 atom stereocenters. The highest BCUT2D eigenvalue weighted by Crippen LogP contribution is 2.30. The molecule has 2 aliphatic rings. The standard InChI is InChI=1S/C16H28F3N5O3S.HI/c1-2-20-15(22-8-7-21-14(25)13-3-4-13)23-11-12-5-9-24(10-6-12)28(26,27)16(17,18)19;/h12-13H,2-11H2,1H3,(H,21,25)(H2,20,22,23);1H. The maximum Gasteiger partial charge on any atom is 0.511 e. The Morgan fingerprint density at radius 1 is 1.07 bits per heavy atom. The van der Waals surface area contributed by atoms with E-state index in [1.54, 1.807) is 0 Å². The number of alkyl halides is 3. The van der Waals surface area contributed by atoms with Crippen molar-refractivity contribution < 1.29 is 26.4 Å². The third kappa shape index (κ3) is 8.07. The van der Waals surface area contributed by atoms with Crippen molar-refractivity contribution in [2.24, 2.45) is 16.8 Å². The number of nitrogens with zero attached hydrogens (tertiary/aromatic N) is 2. The monoisotopic (exact) mass is 555 g/mol. The predicted octanol–water partition coefficient (Wildman–Crippen LogP) is 1.25. The van der Waals surface area contributed by atoms with Gasteiger partial charge in [0.05, 0.1) is 0 Å². The fourth-order valence-electron chi connectivity index (χ4n) is 2.90. The first-order valence-electron chi connectivity index (χ1n) is 9.51. The van der Waals surface area contributed by atoms with E-state index in [-0.39, 0.29) is 54.8 Å². The van der Waals surface area contributed by atoms with Gasteiger partial charge in [-0.15, -0.1) is 24.0 Å². The second-order valence-electron chi connectivity index (χ2n) is 7.00. The van der Waals surface area contributed by atoms with Gasteiger partial charge in [-0.05, 0) is 38.5 Å². The molecule has 1 saturated carbocycles. The van der Waals surface area contributed by atoms with Crippen LogP contribution in [0, 0.1) is 11.8 Å². The Labute approximate surface area is 186 Å². The Kier molecular flexibility index (Phi) is 10.4. The number of hydrogen-bond donors (Lipinski definition) is 3. The van der Waals surface area contributed by atoms with Gasteiger partial charge in [-0.25, -0.2) is 8.42 Å². The highest BCUT2D eigenvalue weighted by atomic mass is 127. The maximum absolute atomic E-state index is 12.6. The van der Waals surface area contributed by atoms with E-state index in [1.807, 2.05) is 6.92 Å². The van der Waals surface area contributed by atoms with Gasteiger partial charge in [-0.1, -0.05) is 0 Å². The number of carbonyl (C=O) groups is 1. The molecular formula is C16H29F3IN5O3S. The molecule has 29 heavy (non-hydrogen) atoms. The Bertz CT molecular complexity index is 663. The van der Waals surface area contributed by atoms with Crippen molar-refractivity contribution in [3.05, 3.63) is 0 Å². The zero-order chi connectivity index (χ0) is 20.8. The lowest BCUT2D eigenvalue weighted by atomic mass is 9.98. The van der Waals surface area contributed by atoms with E-state index in [1.165, 1.54) is 0 Å². The van der Waals surface area contributed by atoms with E-state index in [4.69, 9.17) is 0 Å². The second-order valence-corrected chi connectivity index (χ2v) is 8.93. The van der Waals surface area contributed by atoms with E-state index in [2.05, 4.69) is 20.9 Å². The molecule has 13 heteroatoms. The van der Waals surface area contributed by atoms with Crippen LogP contribution in [0.4, 0.5) is 13.2 Å². The van der Waals surface area contributed by atoms with Crippen molar-refractivity contribution in [2.75, 3.05) is 39.3 Å². The molecule has 0 bridgehead atoms. The Balaban J connectivity index is 0.00000420. The molecule has 1 heterocycles. The molecule has 0 aromatic rings. The number of rotatable bonds is 8. The summed E-state index contributed by atoms with van der Waals surface area (Å²) >= 11 is 0. The summed E-state index contributed by atoms with van der Waals surface area (Å²) < 4.78 is 61.2. The number of sulfonamides is 1. The Hall–Kier alpha value is -0.830. The molecule has 3 N–H and O–H groups in total. The number of hydrogen-bond acceptors (Lipinski definition) is 4. The van der Waals surface area contributed by atoms with Crippen molar-refractivity contribution in [1.29, 1.82) is 0 Å². The molecule has 0 spiro atoms. The number of nitrogens with one attached hydrogen (secondary N) is 3. The smallest absolute Gasteiger partial charge is 0.357 e. The van der Waals surface area contributed by atoms with E-state index in [0.29, 0.717) is 49.3 Å². The van der Waals surface area contributed by atoms with Crippen LogP contribution in [-0.4, -0.2) is 69.4 Å². The predicted molar refractivity (Wildman–Crippen MR) is 114 cm³/mol. The number of aliphatic imine (C=N–C) groups is 1. The van der Waals surface area contributed by atoms with Crippen molar-refractivity contribution >= 4 is 45.9 Å². The average Bonchev–Trinajstić information content (AvgIpc) is 3.47. The van der Waals surface area contributed by atoms with Gasteiger partial charge in [0.25, 0.3) is 0 Å². The van der Waals surface area contributed by atoms with Gasteiger partial charge < -0.3 is 16.0 Å². The van der Waals surface area contributed by atoms with Crippen molar-refractivity contribution in [3.63, 3.8) is 0 Å². The maximum atomic E-state index is 12.6. The van der Waals surface area contributed by atoms with Gasteiger partial charge in [0.2, 0.25) is 5.91 Å². The molecule has 2 fully saturated rings. The minimum absolute atomic E-state index is 0. The molecule has 1 saturated heterocycles. The number of amides is 1. The van der Waals surface area contributed by atoms with E-state index in [9.17, 15) is 26.4 Å². The number of piperidine rings is 1. The summed E-state index contributed by atoms with van der Waals surface area (Å²) in [5, 5.41) is 9.01. The van der Waals surface area contributed by atoms with Crippen LogP contribution in [0.3, 0.4) is 0 Å². The summed E-state index contributed by atoms with van der Waals surface area (Å²) in [6.45, 7) is 3.62. The first kappa shape index (κ1) is 26.2. The molecular weight excluding hydrogens is 526 g/mol. The summed E-state index contributed by atoms with van der Waals surface area (Å²) in [5.41, 5.74) is -5.25. The summed E-state index contributed by atoms with van der Waals surface area (Å²) in [5.74, 6) is 0.816. The van der Waals surface area contributed by atoms with Gasteiger partial charge >= 0.3 is 15.5 Å². The minimum Gasteiger partial charge on any atom is -0.357 e. The normalized spacial score (nSPS) is 19.4. The van der Waals surface area contributed by atoms with Crippen LogP contribution >= 0.6 is 24.0 Å². The van der Waals surface area contributed by atoms with Gasteiger partial charge in [0.15, 0.2) is 5.96 Å². The van der Waals surface area contributed by atoms with Gasteiger partial charge in [0.1, 0.15) is 0 Å². The molecule has 1 aliphatic carbocycles. The zero-order valence-corrected chi connectivity index (χ0v) is 19.4. The summed E-state index contributed by atoms with van der Waals surface area (Å²) in [7, 11) is -5.25. The molecule has 1 amide bonds. The molecule has 2 rings (SSSR count). The number of guanidine groups is 1. The summed E-state index contributed by atoms with van der Waals surface area (Å²) in [6.07, 6.45) is 2.56. The third-order valence-corrected chi connectivity index (χ3v) is 6.35. The number of carbonyl (C=O) groups excluding carboxylic acids is 1. The van der Waals surface area contributed by atoms with Crippen LogP contribution in [0.5, 0.6) is 0 Å². The van der Waals surface area contributed by atoms with Crippen molar-refractivity contribution in [2.45, 2.75) is 38.1 Å². The van der Waals surface area contributed by atoms with Crippen LogP contribution in [0.2, 0.25) is 0 Å². The van der Waals surface area contributed by atoms with Crippen LogP contribution in [0.1, 0.15) is 32.6 Å². The lowest BCUT2D eigenvalue weighted by Crippen LogP contribution is -2.45. The van der Waals surface area contributed by atoms with Crippen molar-refractivity contribution in [3.8, 4) is 0 Å². The van der Waals surface area contributed by atoms with Gasteiger partial charge in [-0.2, -0.15) is 17.5 Å². The fourth-order valence-corrected chi connectivity index (χ4v) is 3.88. The molecule has 0 aromatic carbocycles. The van der Waals surface area contributed by atoms with Crippen LogP contribution in [0.25, 0.3) is 0 Å². The lowest BCUT2D eigenvalue weighted by Gasteiger charge is -2.30. The summed E-state index contributed by atoms with van der Waals surface area (Å²) in [4.78, 5) is 16.0. The van der Waals surface area contributed by atoms with Gasteiger partial charge in [-0.3, -0.25) is 9.79 Å². The quantitative estimate of drug-likeness (QED) is 0.181. The first-order chi connectivity index (χ1) is 13.1. The van der Waals surface area contributed by atoms with Crippen LogP contribution < -0.4 is 16.0 Å². The van der Waals surface area contributed by atoms with Gasteiger partial charge in [0, 0.05) is 45.2 Å². The molecule has 170 valence electrons. The largest absolute Gasteiger partial charge is 0.511 e. The summed E-state index contributed by atoms with van der Waals surface area (Å²) in [6, 6.07) is 0. The Morgan fingerprint density at radius 2 is 1.66 bits per heavy atom. The van der Waals surface area contributed by atoms with E-state index in [0.717, 1.165) is 12.8 Å². The lowest BCUT2D eigenvalue weighted by molar-refractivity contribution is -0.122. The minimum atomic E-state index is -5.25. The second kappa shape index (κ2) is 11.5. The number of halogens is 4. The molecule has 0 radical (unpaired) electrons. The highest BCUT2D eigenvalue weighted by Gasteiger charge is 2.50. The SMILES string of the molecule is CCNC(=NCC1CCN(S(=O)(=O)C(F)(F)F)CC1)NCCNC(=O)C1CC1.I. The first-order valence-corrected chi connectivity index (χ1v) is 11.0. The molecule has 1 aliphatic heterocycles. The van der Waals surface area contributed by atoms with Crippen LogP contribution in [-0.2, 0) is 14.8 Å². The van der Waals surface area contributed by atoms with Crippen LogP contribution in [0.15, 0.2) is 4.99 Å². The van der Waals surface area contributed by atoms with E-state index < -0.39 is 15.5 Å². The zero-order valence-electron chi connectivity index (χ0n) is 16.3. The van der Waals surface area contributed by atoms with Crippen molar-refractivity contribution in [1.82, 2.24) is 20.3 Å². The topological polar surface area (TPSA) is 103 Å². The fraction of sp³-hybridized carbons (Fsp3) is 0.875. The third-order valence-electron chi connectivity index (χ3n) is 4.72. The molecule has 0 aromatic heterocycles. The average molecular weight is 555 g/mol. The highest BCUT2D eigenvalue weighted by molar-refractivity contribution is 14.0.